The molecule has 3 nitrogen and oxygen atoms in total. The van der Waals surface area contributed by atoms with Crippen LogP contribution in [0.25, 0.3) is 0 Å². The molecule has 4 heteroatoms. The van der Waals surface area contributed by atoms with E-state index in [0.29, 0.717) is 0 Å². The van der Waals surface area contributed by atoms with Gasteiger partial charge in [0.1, 0.15) is 0 Å². The number of amides is 2. The predicted molar refractivity (Wildman–Crippen MR) is 20.9 cm³/mol. The summed E-state index contributed by atoms with van der Waals surface area (Å²) < 4.78 is 3.14. The first-order valence-electron chi connectivity index (χ1n) is 1.37. The molecule has 0 saturated heterocycles. The minimum absolute atomic E-state index is 0.559. The fourth-order valence-electron chi connectivity index (χ4n) is 0.0834. The molecule has 0 aliphatic carbocycles. The number of hydrogen-bond donors (Lipinski definition) is 0. The molecule has 0 rings (SSSR count). The zero-order valence-electron chi connectivity index (χ0n) is 3.33. The van der Waals surface area contributed by atoms with Gasteiger partial charge in [0.05, 0.1) is 0 Å². The zero-order chi connectivity index (χ0) is 5.70. The van der Waals surface area contributed by atoms with E-state index in [1.165, 1.54) is 19.6 Å². The van der Waals surface area contributed by atoms with Crippen LogP contribution in [0.1, 0.15) is 0 Å². The Labute approximate surface area is 51.9 Å². The molecule has 0 saturated carbocycles. The van der Waals surface area contributed by atoms with Gasteiger partial charge in [-0.1, -0.05) is 0 Å². The standard InChI is InChI=1S/C3H2N2O.Pt/c1-2-5-3(4)6;/h1H2;. The third-order valence-corrected chi connectivity index (χ3v) is 0.670. The van der Waals surface area contributed by atoms with Gasteiger partial charge in [-0.05, 0) is 0 Å². The van der Waals surface area contributed by atoms with Gasteiger partial charge in [-0.15, -0.1) is 0 Å². The van der Waals surface area contributed by atoms with Gasteiger partial charge >= 0.3 is 51.4 Å². The Bertz CT molecular complexity index is 136. The van der Waals surface area contributed by atoms with E-state index in [9.17, 15) is 4.79 Å². The van der Waals surface area contributed by atoms with Crippen LogP contribution in [-0.2, 0) is 19.6 Å². The van der Waals surface area contributed by atoms with Crippen LogP contribution in [-0.4, -0.2) is 11.9 Å². The van der Waals surface area contributed by atoms with Crippen molar-refractivity contribution in [2.75, 3.05) is 0 Å². The van der Waals surface area contributed by atoms with Crippen LogP contribution < -0.4 is 0 Å². The van der Waals surface area contributed by atoms with Gasteiger partial charge in [-0.25, -0.2) is 0 Å². The van der Waals surface area contributed by atoms with Gasteiger partial charge in [-0.3, -0.25) is 0 Å². The third kappa shape index (κ3) is 3.44. The average Bonchev–Trinajstić information content (AvgIpc) is 1.68. The molecule has 2 amide bonds. The quantitative estimate of drug-likeness (QED) is 0.601. The maximum absolute atomic E-state index is 9.97. The molecule has 0 heterocycles. The molecule has 0 radical (unpaired) electrons. The van der Waals surface area contributed by atoms with E-state index < -0.39 is 6.03 Å². The normalized spacial score (nSPS) is 6.57. The van der Waals surface area contributed by atoms with Gasteiger partial charge in [0.25, 0.3) is 0 Å². The Morgan fingerprint density at radius 2 is 2.43 bits per heavy atom. The third-order valence-electron chi connectivity index (χ3n) is 0.235. The van der Waals surface area contributed by atoms with Crippen molar-refractivity contribution in [3.05, 3.63) is 6.58 Å². The topological polar surface area (TPSA) is 41.8 Å². The summed E-state index contributed by atoms with van der Waals surface area (Å²) in [7, 11) is 0. The Balaban J connectivity index is 3.82. The molecule has 40 valence electrons. The molecule has 0 bridgehead atoms. The second-order valence-electron chi connectivity index (χ2n) is 0.623. The van der Waals surface area contributed by atoms with Crippen LogP contribution in [0.4, 0.5) is 4.79 Å². The predicted octanol–water partition coefficient (Wildman–Crippen LogP) is 0.693. The van der Waals surface area contributed by atoms with Crippen LogP contribution in [0.2, 0.25) is 0 Å². The van der Waals surface area contributed by atoms with Crippen molar-refractivity contribution in [1.29, 1.82) is 0 Å². The van der Waals surface area contributed by atoms with Gasteiger partial charge in [0.15, 0.2) is 0 Å². The van der Waals surface area contributed by atoms with Crippen LogP contribution in [0.15, 0.2) is 15.1 Å². The first-order chi connectivity index (χ1) is 3.31. The first-order valence-corrected chi connectivity index (χ1v) is 2.39. The van der Waals surface area contributed by atoms with E-state index in [4.69, 9.17) is 0 Å². The maximum atomic E-state index is 9.97. The molecule has 0 aliphatic rings. The molecule has 0 aromatic heterocycles. The van der Waals surface area contributed by atoms with E-state index in [1.807, 2.05) is 5.87 Å². The summed E-state index contributed by atoms with van der Waals surface area (Å²) in [5.74, 6) is 2.05. The number of aliphatic imine (C=N–C) groups is 1. The van der Waals surface area contributed by atoms with Crippen LogP contribution in [0.3, 0.4) is 0 Å². The number of rotatable bonds is 0. The van der Waals surface area contributed by atoms with Gasteiger partial charge in [-0.2, -0.15) is 0 Å². The molecule has 0 aromatic carbocycles. The summed E-state index contributed by atoms with van der Waals surface area (Å²) >= 11 is 1.54. The second kappa shape index (κ2) is 3.79. The molecule has 0 fully saturated rings. The molecule has 0 spiro atoms. The molecule has 0 aliphatic heterocycles. The van der Waals surface area contributed by atoms with Crippen LogP contribution in [0, 0.1) is 0 Å². The van der Waals surface area contributed by atoms with Crippen molar-refractivity contribution in [2.24, 2.45) is 8.49 Å². The average molecular weight is 277 g/mol. The Morgan fingerprint density at radius 3 is 2.57 bits per heavy atom. The monoisotopic (exact) mass is 277 g/mol. The Morgan fingerprint density at radius 1 is 1.86 bits per heavy atom. The van der Waals surface area contributed by atoms with Gasteiger partial charge < -0.3 is 0 Å². The molecule has 0 aromatic rings. The van der Waals surface area contributed by atoms with E-state index >= 15 is 0 Å². The van der Waals surface area contributed by atoms with Crippen molar-refractivity contribution in [3.63, 3.8) is 0 Å². The molecule has 0 N–H and O–H groups in total. The summed E-state index contributed by atoms with van der Waals surface area (Å²) in [6, 6.07) is -0.559. The van der Waals surface area contributed by atoms with Crippen molar-refractivity contribution < 1.29 is 24.4 Å². The SMILES string of the molecule is C=C=NC(=O)[N]=[Pt]. The van der Waals surface area contributed by atoms with Gasteiger partial charge in [0.2, 0.25) is 0 Å². The van der Waals surface area contributed by atoms with Crippen molar-refractivity contribution in [2.45, 2.75) is 0 Å². The summed E-state index contributed by atoms with van der Waals surface area (Å²) in [5, 5.41) is 0. The number of hydrogen-bond acceptors (Lipinski definition) is 1. The van der Waals surface area contributed by atoms with E-state index in [0.717, 1.165) is 0 Å². The van der Waals surface area contributed by atoms with Crippen LogP contribution in [0.5, 0.6) is 0 Å². The fraction of sp³-hybridized carbons (Fsp3) is 0. The molecule has 0 atom stereocenters. The van der Waals surface area contributed by atoms with Crippen molar-refractivity contribution in [1.82, 2.24) is 0 Å². The van der Waals surface area contributed by atoms with Crippen LogP contribution >= 0.6 is 0 Å². The summed E-state index contributed by atoms with van der Waals surface area (Å²) in [6.45, 7) is 3.07. The number of carbonyl (C=O) groups is 1. The molecule has 7 heavy (non-hydrogen) atoms. The summed E-state index contributed by atoms with van der Waals surface area (Å²) in [5.41, 5.74) is 0. The van der Waals surface area contributed by atoms with E-state index in [-0.39, 0.29) is 0 Å². The number of urea groups is 1. The fourth-order valence-corrected chi connectivity index (χ4v) is 0.197. The second-order valence-corrected chi connectivity index (χ2v) is 1.13. The summed E-state index contributed by atoms with van der Waals surface area (Å²) in [6.07, 6.45) is 0. The zero-order valence-corrected chi connectivity index (χ0v) is 5.60. The van der Waals surface area contributed by atoms with Crippen molar-refractivity contribution >= 4 is 11.9 Å². The molecular formula is C3H2N2OPt. The summed E-state index contributed by atoms with van der Waals surface area (Å²) in [4.78, 5) is 13.0. The minimum atomic E-state index is -0.559. The van der Waals surface area contributed by atoms with Gasteiger partial charge in [0, 0.05) is 0 Å². The van der Waals surface area contributed by atoms with E-state index in [1.54, 1.807) is 0 Å². The molecular weight excluding hydrogens is 275 g/mol. The number of carbonyl (C=O) groups excluding carboxylic acids is 1. The Hall–Kier alpha value is -0.392. The van der Waals surface area contributed by atoms with E-state index in [2.05, 4.69) is 15.1 Å². The molecule has 0 unspecified atom stereocenters. The first kappa shape index (κ1) is 6.61. The number of nitrogens with zero attached hydrogens (tertiary/aromatic N) is 2. The Kier molecular flexibility index (Phi) is 3.57. The van der Waals surface area contributed by atoms with Crippen molar-refractivity contribution in [3.8, 4) is 0 Å².